The van der Waals surface area contributed by atoms with Crippen molar-refractivity contribution in [1.29, 1.82) is 0 Å². The molecular formula is C24H29NO. The fourth-order valence-electron chi connectivity index (χ4n) is 2.90. The molecule has 0 bridgehead atoms. The molecule has 2 rings (SSSR count). The average molecular weight is 348 g/mol. The highest BCUT2D eigenvalue weighted by atomic mass is 16.5. The zero-order valence-corrected chi connectivity index (χ0v) is 16.5. The second-order valence-electron chi connectivity index (χ2n) is 6.25. The highest BCUT2D eigenvalue weighted by molar-refractivity contribution is 5.74. The van der Waals surface area contributed by atoms with Crippen LogP contribution in [0.15, 0.2) is 72.8 Å². The van der Waals surface area contributed by atoms with Gasteiger partial charge in [0.2, 0.25) is 0 Å². The van der Waals surface area contributed by atoms with Gasteiger partial charge in [-0.3, -0.25) is 0 Å². The Balaban J connectivity index is 2.31. The molecular weight excluding hydrogens is 318 g/mol. The van der Waals surface area contributed by atoms with E-state index >= 15 is 0 Å². The van der Waals surface area contributed by atoms with E-state index in [9.17, 15) is 0 Å². The van der Waals surface area contributed by atoms with Gasteiger partial charge in [-0.2, -0.15) is 0 Å². The topological polar surface area (TPSA) is 12.5 Å². The van der Waals surface area contributed by atoms with Crippen LogP contribution < -0.4 is 9.64 Å². The molecule has 0 amide bonds. The molecule has 2 nitrogen and oxygen atoms in total. The maximum absolute atomic E-state index is 5.24. The lowest BCUT2D eigenvalue weighted by Gasteiger charge is -2.21. The van der Waals surface area contributed by atoms with Gasteiger partial charge in [0.15, 0.2) is 0 Å². The first-order valence-electron chi connectivity index (χ1n) is 9.02. The van der Waals surface area contributed by atoms with Crippen molar-refractivity contribution in [3.8, 4) is 5.75 Å². The Morgan fingerprint density at radius 1 is 1.00 bits per heavy atom. The minimum absolute atomic E-state index is 0.872. The molecule has 2 aromatic carbocycles. The summed E-state index contributed by atoms with van der Waals surface area (Å²) in [5, 5.41) is 0. The molecule has 0 unspecified atom stereocenters. The van der Waals surface area contributed by atoms with Gasteiger partial charge in [0.1, 0.15) is 5.75 Å². The Kier molecular flexibility index (Phi) is 7.28. The van der Waals surface area contributed by atoms with Gasteiger partial charge in [0.25, 0.3) is 0 Å². The third-order valence-corrected chi connectivity index (χ3v) is 4.47. The minimum atomic E-state index is 0.872. The van der Waals surface area contributed by atoms with E-state index < -0.39 is 0 Å². The van der Waals surface area contributed by atoms with E-state index in [0.717, 1.165) is 17.9 Å². The zero-order chi connectivity index (χ0) is 18.9. The summed E-state index contributed by atoms with van der Waals surface area (Å²) in [5.74, 6) is 0.872. The number of hydrogen-bond donors (Lipinski definition) is 0. The molecule has 0 atom stereocenters. The van der Waals surface area contributed by atoms with Crippen molar-refractivity contribution in [2.45, 2.75) is 27.2 Å². The Hall–Kier alpha value is -2.74. The SMILES string of the molecule is C/C=C\C/C(=C\C=C\C)c1ccc(N(C)c2ccc(OC)cc2)cc1C. The number of methoxy groups -OCH3 is 1. The molecule has 0 aromatic heterocycles. The van der Waals surface area contributed by atoms with Gasteiger partial charge in [0.05, 0.1) is 7.11 Å². The summed E-state index contributed by atoms with van der Waals surface area (Å²) < 4.78 is 5.24. The quantitative estimate of drug-likeness (QED) is 0.408. The van der Waals surface area contributed by atoms with E-state index in [4.69, 9.17) is 4.74 Å². The van der Waals surface area contributed by atoms with Crippen LogP contribution in [0.4, 0.5) is 11.4 Å². The molecule has 2 aromatic rings. The molecule has 136 valence electrons. The Labute approximate surface area is 158 Å². The van der Waals surface area contributed by atoms with Crippen molar-refractivity contribution in [2.24, 2.45) is 0 Å². The average Bonchev–Trinajstić information content (AvgIpc) is 2.68. The predicted octanol–water partition coefficient (Wildman–Crippen LogP) is 6.70. The van der Waals surface area contributed by atoms with Crippen LogP contribution in [0.25, 0.3) is 5.57 Å². The van der Waals surface area contributed by atoms with Crippen LogP contribution in [0.3, 0.4) is 0 Å². The van der Waals surface area contributed by atoms with Gasteiger partial charge in [0, 0.05) is 18.4 Å². The summed E-state index contributed by atoms with van der Waals surface area (Å²) in [7, 11) is 3.78. The molecule has 0 saturated heterocycles. The van der Waals surface area contributed by atoms with E-state index in [1.807, 2.05) is 19.1 Å². The standard InChI is InChI=1S/C24H29NO/c1-6-8-10-20(11-9-7-2)24-17-14-22(18-19(24)3)25(4)21-12-15-23(26-5)16-13-21/h6-10,12-18H,11H2,1-5H3/b8-6+,9-7-,20-10+. The third-order valence-electron chi connectivity index (χ3n) is 4.47. The number of aryl methyl sites for hydroxylation is 1. The minimum Gasteiger partial charge on any atom is -0.497 e. The lowest BCUT2D eigenvalue weighted by atomic mass is 9.96. The number of nitrogens with zero attached hydrogens (tertiary/aromatic N) is 1. The fraction of sp³-hybridized carbons (Fsp3) is 0.250. The molecule has 0 spiro atoms. The number of rotatable bonds is 7. The van der Waals surface area contributed by atoms with Gasteiger partial charge in [-0.15, -0.1) is 0 Å². The Morgan fingerprint density at radius 2 is 1.69 bits per heavy atom. The van der Waals surface area contributed by atoms with Crippen LogP contribution in [0, 0.1) is 6.92 Å². The van der Waals surface area contributed by atoms with Gasteiger partial charge >= 0.3 is 0 Å². The van der Waals surface area contributed by atoms with E-state index in [2.05, 4.69) is 86.5 Å². The number of anilines is 2. The molecule has 0 saturated carbocycles. The van der Waals surface area contributed by atoms with Crippen LogP contribution in [0.1, 0.15) is 31.4 Å². The molecule has 0 aliphatic rings. The van der Waals surface area contributed by atoms with E-state index in [1.54, 1.807) is 7.11 Å². The fourth-order valence-corrected chi connectivity index (χ4v) is 2.90. The van der Waals surface area contributed by atoms with Crippen molar-refractivity contribution in [2.75, 3.05) is 19.1 Å². The number of benzene rings is 2. The first-order chi connectivity index (χ1) is 12.6. The summed E-state index contributed by atoms with van der Waals surface area (Å²) >= 11 is 0. The second-order valence-corrected chi connectivity index (χ2v) is 6.25. The summed E-state index contributed by atoms with van der Waals surface area (Å²) in [6.07, 6.45) is 11.6. The second kappa shape index (κ2) is 9.67. The predicted molar refractivity (Wildman–Crippen MR) is 114 cm³/mol. The first kappa shape index (κ1) is 19.6. The Bertz CT molecular complexity index is 797. The summed E-state index contributed by atoms with van der Waals surface area (Å²) in [6.45, 7) is 6.29. The van der Waals surface area contributed by atoms with Crippen LogP contribution in [-0.4, -0.2) is 14.2 Å². The van der Waals surface area contributed by atoms with Crippen LogP contribution in [-0.2, 0) is 0 Å². The van der Waals surface area contributed by atoms with Gasteiger partial charge in [-0.1, -0.05) is 36.4 Å². The van der Waals surface area contributed by atoms with Crippen LogP contribution in [0.2, 0.25) is 0 Å². The van der Waals surface area contributed by atoms with Crippen LogP contribution >= 0.6 is 0 Å². The van der Waals surface area contributed by atoms with Crippen molar-refractivity contribution < 1.29 is 4.74 Å². The van der Waals surface area contributed by atoms with Crippen molar-refractivity contribution in [3.63, 3.8) is 0 Å². The van der Waals surface area contributed by atoms with Crippen molar-refractivity contribution in [3.05, 3.63) is 84.0 Å². The molecule has 0 heterocycles. The van der Waals surface area contributed by atoms with Crippen molar-refractivity contribution in [1.82, 2.24) is 0 Å². The number of ether oxygens (including phenoxy) is 1. The molecule has 0 fully saturated rings. The molecule has 26 heavy (non-hydrogen) atoms. The Morgan fingerprint density at radius 3 is 2.27 bits per heavy atom. The van der Waals surface area contributed by atoms with E-state index in [0.29, 0.717) is 0 Å². The summed E-state index contributed by atoms with van der Waals surface area (Å²) in [5.41, 5.74) is 6.22. The normalized spacial score (nSPS) is 12.1. The summed E-state index contributed by atoms with van der Waals surface area (Å²) in [6, 6.07) is 14.8. The lowest BCUT2D eigenvalue weighted by molar-refractivity contribution is 0.415. The molecule has 0 aliphatic carbocycles. The summed E-state index contributed by atoms with van der Waals surface area (Å²) in [4.78, 5) is 2.19. The number of allylic oxidation sites excluding steroid dienone is 6. The smallest absolute Gasteiger partial charge is 0.119 e. The molecule has 0 N–H and O–H groups in total. The van der Waals surface area contributed by atoms with Gasteiger partial charge in [-0.25, -0.2) is 0 Å². The van der Waals surface area contributed by atoms with E-state index in [1.165, 1.54) is 22.4 Å². The molecule has 2 heteroatoms. The maximum Gasteiger partial charge on any atom is 0.119 e. The largest absolute Gasteiger partial charge is 0.497 e. The third kappa shape index (κ3) is 4.89. The maximum atomic E-state index is 5.24. The molecule has 0 radical (unpaired) electrons. The number of hydrogen-bond acceptors (Lipinski definition) is 2. The highest BCUT2D eigenvalue weighted by Crippen LogP contribution is 2.30. The van der Waals surface area contributed by atoms with Crippen molar-refractivity contribution >= 4 is 16.9 Å². The van der Waals surface area contributed by atoms with E-state index in [-0.39, 0.29) is 0 Å². The van der Waals surface area contributed by atoms with Gasteiger partial charge in [-0.05, 0) is 80.3 Å². The zero-order valence-electron chi connectivity index (χ0n) is 16.5. The lowest BCUT2D eigenvalue weighted by Crippen LogP contribution is -2.09. The monoisotopic (exact) mass is 347 g/mol. The first-order valence-corrected chi connectivity index (χ1v) is 9.02. The molecule has 0 aliphatic heterocycles. The highest BCUT2D eigenvalue weighted by Gasteiger charge is 2.09. The van der Waals surface area contributed by atoms with Gasteiger partial charge < -0.3 is 9.64 Å². The van der Waals surface area contributed by atoms with Crippen LogP contribution in [0.5, 0.6) is 5.75 Å².